The lowest BCUT2D eigenvalue weighted by atomic mass is 9.87. The smallest absolute Gasteiger partial charge is 0.221 e. The van der Waals surface area contributed by atoms with Crippen LogP contribution in [0.5, 0.6) is 11.5 Å². The van der Waals surface area contributed by atoms with E-state index in [4.69, 9.17) is 9.47 Å². The van der Waals surface area contributed by atoms with Gasteiger partial charge < -0.3 is 19.8 Å². The van der Waals surface area contributed by atoms with Crippen LogP contribution in [0.15, 0.2) is 72.9 Å². The number of fused-ring (bicyclic) bond motifs is 1. The monoisotopic (exact) mass is 484 g/mol. The van der Waals surface area contributed by atoms with E-state index in [9.17, 15) is 4.79 Å². The van der Waals surface area contributed by atoms with Gasteiger partial charge in [0.15, 0.2) is 11.5 Å². The van der Waals surface area contributed by atoms with Crippen LogP contribution in [-0.4, -0.2) is 31.2 Å². The van der Waals surface area contributed by atoms with Crippen LogP contribution in [0, 0.1) is 0 Å². The van der Waals surface area contributed by atoms with Gasteiger partial charge in [-0.05, 0) is 60.6 Å². The second-order valence-electron chi connectivity index (χ2n) is 9.30. The summed E-state index contributed by atoms with van der Waals surface area (Å²) in [7, 11) is 3.27. The summed E-state index contributed by atoms with van der Waals surface area (Å²) in [6, 6.07) is 22.8. The largest absolute Gasteiger partial charge is 0.493 e. The van der Waals surface area contributed by atoms with Crippen molar-refractivity contribution in [3.8, 4) is 11.5 Å². The Hall–Kier alpha value is -3.73. The van der Waals surface area contributed by atoms with Gasteiger partial charge in [0.25, 0.3) is 0 Å². The summed E-state index contributed by atoms with van der Waals surface area (Å²) in [6.45, 7) is 4.23. The van der Waals surface area contributed by atoms with E-state index in [-0.39, 0.29) is 17.9 Å². The molecule has 5 heteroatoms. The molecule has 0 saturated carbocycles. The first kappa shape index (κ1) is 25.4. The molecule has 0 unspecified atom stereocenters. The van der Waals surface area contributed by atoms with Gasteiger partial charge in [-0.25, -0.2) is 0 Å². The van der Waals surface area contributed by atoms with Crippen LogP contribution in [0.3, 0.4) is 0 Å². The number of H-pyrrole nitrogens is 1. The molecule has 0 aliphatic carbocycles. The lowest BCUT2D eigenvalue weighted by molar-refractivity contribution is -0.121. The SMILES string of the molecule is CCc1cccc2c([C@@H](CC(=O)N[C@@H](C)CCc3ccccc3)c3ccc(OC)c(OC)c3)c[nH]c12. The summed E-state index contributed by atoms with van der Waals surface area (Å²) in [5, 5.41) is 4.38. The first-order valence-corrected chi connectivity index (χ1v) is 12.7. The predicted octanol–water partition coefficient (Wildman–Crippen LogP) is 6.41. The number of amides is 1. The van der Waals surface area contributed by atoms with E-state index in [1.165, 1.54) is 11.1 Å². The van der Waals surface area contributed by atoms with E-state index in [0.717, 1.165) is 41.3 Å². The standard InChI is InChI=1S/C31H36N2O3/c1-5-23-12-9-13-25-27(20-32-31(23)25)26(24-16-17-28(35-3)29(18-24)36-4)19-30(34)33-21(2)14-15-22-10-7-6-8-11-22/h6-13,16-18,20-21,26,32H,5,14-15,19H2,1-4H3,(H,33,34)/t21-,26-/m0/s1. The first-order chi connectivity index (χ1) is 17.5. The van der Waals surface area contributed by atoms with Crippen LogP contribution >= 0.6 is 0 Å². The fourth-order valence-corrected chi connectivity index (χ4v) is 4.92. The van der Waals surface area contributed by atoms with Gasteiger partial charge in [-0.3, -0.25) is 4.79 Å². The maximum atomic E-state index is 13.3. The predicted molar refractivity (Wildman–Crippen MR) is 146 cm³/mol. The zero-order chi connectivity index (χ0) is 25.5. The highest BCUT2D eigenvalue weighted by Gasteiger charge is 2.24. The summed E-state index contributed by atoms with van der Waals surface area (Å²) in [5.74, 6) is 1.24. The van der Waals surface area contributed by atoms with Crippen molar-refractivity contribution < 1.29 is 14.3 Å². The Bertz CT molecular complexity index is 1300. The van der Waals surface area contributed by atoms with E-state index >= 15 is 0 Å². The van der Waals surface area contributed by atoms with Crippen molar-refractivity contribution >= 4 is 16.8 Å². The second-order valence-corrected chi connectivity index (χ2v) is 9.30. The van der Waals surface area contributed by atoms with Crippen LogP contribution in [0.4, 0.5) is 0 Å². The molecular formula is C31H36N2O3. The number of hydrogen-bond donors (Lipinski definition) is 2. The molecule has 1 aromatic heterocycles. The maximum Gasteiger partial charge on any atom is 0.221 e. The molecule has 4 rings (SSSR count). The summed E-state index contributed by atoms with van der Waals surface area (Å²) in [5.41, 5.74) is 5.82. The summed E-state index contributed by atoms with van der Waals surface area (Å²) in [4.78, 5) is 16.8. The number of aryl methyl sites for hydroxylation is 2. The van der Waals surface area contributed by atoms with E-state index in [1.807, 2.05) is 24.3 Å². The topological polar surface area (TPSA) is 63.4 Å². The molecule has 2 N–H and O–H groups in total. The molecule has 188 valence electrons. The third kappa shape index (κ3) is 5.73. The number of nitrogens with one attached hydrogen (secondary N) is 2. The molecule has 36 heavy (non-hydrogen) atoms. The number of rotatable bonds is 11. The van der Waals surface area contributed by atoms with E-state index in [2.05, 4.69) is 72.8 Å². The molecule has 0 aliphatic rings. The fraction of sp³-hybridized carbons (Fsp3) is 0.323. The minimum atomic E-state index is -0.132. The normalized spacial score (nSPS) is 12.8. The molecule has 5 nitrogen and oxygen atoms in total. The minimum Gasteiger partial charge on any atom is -0.493 e. The summed E-state index contributed by atoms with van der Waals surface area (Å²) >= 11 is 0. The zero-order valence-corrected chi connectivity index (χ0v) is 21.6. The molecule has 0 spiro atoms. The lowest BCUT2D eigenvalue weighted by Gasteiger charge is -2.21. The number of para-hydroxylation sites is 1. The number of aromatic nitrogens is 1. The number of carbonyl (C=O) groups excluding carboxylic acids is 1. The van der Waals surface area contributed by atoms with Crippen molar-refractivity contribution in [2.45, 2.75) is 51.5 Å². The quantitative estimate of drug-likeness (QED) is 0.259. The van der Waals surface area contributed by atoms with E-state index in [1.54, 1.807) is 14.2 Å². The van der Waals surface area contributed by atoms with Gasteiger partial charge in [0.05, 0.1) is 14.2 Å². The van der Waals surface area contributed by atoms with Gasteiger partial charge in [-0.1, -0.05) is 61.5 Å². The number of hydrogen-bond acceptors (Lipinski definition) is 3. The Morgan fingerprint density at radius 1 is 0.972 bits per heavy atom. The van der Waals surface area contributed by atoms with Gasteiger partial charge in [0, 0.05) is 35.5 Å². The summed E-state index contributed by atoms with van der Waals surface area (Å²) in [6.07, 6.45) is 5.16. The molecule has 0 fully saturated rings. The molecule has 0 aliphatic heterocycles. The molecule has 1 amide bonds. The third-order valence-corrected chi connectivity index (χ3v) is 6.91. The van der Waals surface area contributed by atoms with Gasteiger partial charge in [-0.2, -0.15) is 0 Å². The van der Waals surface area contributed by atoms with Crippen molar-refractivity contribution in [3.05, 3.63) is 95.2 Å². The van der Waals surface area contributed by atoms with Crippen LogP contribution in [0.1, 0.15) is 54.9 Å². The van der Waals surface area contributed by atoms with Crippen molar-refractivity contribution in [2.24, 2.45) is 0 Å². The highest BCUT2D eigenvalue weighted by atomic mass is 16.5. The van der Waals surface area contributed by atoms with E-state index in [0.29, 0.717) is 17.9 Å². The highest BCUT2D eigenvalue weighted by Crippen LogP contribution is 2.38. The first-order valence-electron chi connectivity index (χ1n) is 12.7. The Balaban J connectivity index is 1.60. The van der Waals surface area contributed by atoms with Crippen LogP contribution in [-0.2, 0) is 17.6 Å². The van der Waals surface area contributed by atoms with Crippen LogP contribution in [0.25, 0.3) is 10.9 Å². The lowest BCUT2D eigenvalue weighted by Crippen LogP contribution is -2.33. The van der Waals surface area contributed by atoms with Crippen molar-refractivity contribution in [3.63, 3.8) is 0 Å². The van der Waals surface area contributed by atoms with Crippen molar-refractivity contribution in [2.75, 3.05) is 14.2 Å². The Kier molecular flexibility index (Phi) is 8.32. The molecule has 0 saturated heterocycles. The Morgan fingerprint density at radius 2 is 1.75 bits per heavy atom. The van der Waals surface area contributed by atoms with Crippen molar-refractivity contribution in [1.82, 2.24) is 10.3 Å². The highest BCUT2D eigenvalue weighted by molar-refractivity contribution is 5.88. The Labute approximate surface area is 213 Å². The maximum absolute atomic E-state index is 13.3. The van der Waals surface area contributed by atoms with Crippen LogP contribution < -0.4 is 14.8 Å². The average Bonchev–Trinajstić information content (AvgIpc) is 3.35. The molecule has 4 aromatic rings. The number of ether oxygens (including phenoxy) is 2. The van der Waals surface area contributed by atoms with Gasteiger partial charge in [-0.15, -0.1) is 0 Å². The van der Waals surface area contributed by atoms with Crippen molar-refractivity contribution in [1.29, 1.82) is 0 Å². The summed E-state index contributed by atoms with van der Waals surface area (Å²) < 4.78 is 11.0. The molecule has 0 radical (unpaired) electrons. The molecule has 3 aromatic carbocycles. The van der Waals surface area contributed by atoms with E-state index < -0.39 is 0 Å². The third-order valence-electron chi connectivity index (χ3n) is 6.91. The van der Waals surface area contributed by atoms with Gasteiger partial charge in [0.1, 0.15) is 0 Å². The number of methoxy groups -OCH3 is 2. The number of carbonyl (C=O) groups is 1. The zero-order valence-electron chi connectivity index (χ0n) is 21.6. The fourth-order valence-electron chi connectivity index (χ4n) is 4.92. The average molecular weight is 485 g/mol. The minimum absolute atomic E-state index is 0.0383. The Morgan fingerprint density at radius 3 is 2.47 bits per heavy atom. The van der Waals surface area contributed by atoms with Gasteiger partial charge >= 0.3 is 0 Å². The molecule has 1 heterocycles. The molecular weight excluding hydrogens is 448 g/mol. The molecule has 2 atom stereocenters. The van der Waals surface area contributed by atoms with Gasteiger partial charge in [0.2, 0.25) is 5.91 Å². The number of aromatic amines is 1. The molecule has 0 bridgehead atoms. The second kappa shape index (κ2) is 11.8. The number of benzene rings is 3. The van der Waals surface area contributed by atoms with Crippen LogP contribution in [0.2, 0.25) is 0 Å².